The Hall–Kier alpha value is -2.94. The molecular formula is C21H26N2O6S. The number of nitro groups is 1. The van der Waals surface area contributed by atoms with Crippen LogP contribution in [0.3, 0.4) is 0 Å². The number of nitrogens with zero attached hydrogens (tertiary/aromatic N) is 2. The monoisotopic (exact) mass is 434 g/mol. The van der Waals surface area contributed by atoms with Gasteiger partial charge in [0.05, 0.1) is 10.7 Å². The fourth-order valence-corrected chi connectivity index (χ4v) is 3.37. The van der Waals surface area contributed by atoms with E-state index in [0.717, 1.165) is 0 Å². The number of benzene rings is 2. The first kappa shape index (κ1) is 23.3. The van der Waals surface area contributed by atoms with Crippen LogP contribution in [0.25, 0.3) is 0 Å². The van der Waals surface area contributed by atoms with Gasteiger partial charge in [-0.15, -0.1) is 0 Å². The highest BCUT2D eigenvalue weighted by Gasteiger charge is 2.23. The van der Waals surface area contributed by atoms with E-state index in [1.54, 1.807) is 42.2 Å². The maximum atomic E-state index is 13.2. The van der Waals surface area contributed by atoms with Crippen LogP contribution in [0.2, 0.25) is 0 Å². The maximum absolute atomic E-state index is 13.2. The molecule has 8 nitrogen and oxygen atoms in total. The largest absolute Gasteiger partial charge is 0.382 e. The van der Waals surface area contributed by atoms with E-state index in [0.29, 0.717) is 17.5 Å². The number of rotatable bonds is 9. The zero-order valence-electron chi connectivity index (χ0n) is 17.5. The Bertz CT molecular complexity index is 1040. The van der Waals surface area contributed by atoms with Crippen molar-refractivity contribution >= 4 is 21.7 Å². The molecule has 0 saturated carbocycles. The van der Waals surface area contributed by atoms with Gasteiger partial charge in [-0.1, -0.05) is 25.1 Å². The summed E-state index contributed by atoms with van der Waals surface area (Å²) in [6.07, 6.45) is 0.681. The van der Waals surface area contributed by atoms with Gasteiger partial charge in [-0.05, 0) is 51.0 Å². The summed E-state index contributed by atoms with van der Waals surface area (Å²) in [5.74, 6) is -0.308. The van der Waals surface area contributed by atoms with Crippen molar-refractivity contribution in [2.24, 2.45) is 0 Å². The molecule has 2 aromatic carbocycles. The van der Waals surface area contributed by atoms with Gasteiger partial charge in [-0.2, -0.15) is 8.42 Å². The third-order valence-corrected chi connectivity index (χ3v) is 6.02. The highest BCUT2D eigenvalue weighted by atomic mass is 32.2. The first-order valence-electron chi connectivity index (χ1n) is 9.65. The van der Waals surface area contributed by atoms with Crippen LogP contribution < -0.4 is 4.18 Å². The second-order valence-electron chi connectivity index (χ2n) is 7.03. The van der Waals surface area contributed by atoms with Crippen LogP contribution in [0.1, 0.15) is 48.7 Å². The minimum atomic E-state index is -3.66. The lowest BCUT2D eigenvalue weighted by molar-refractivity contribution is -0.385. The number of carbonyl (C=O) groups is 1. The lowest BCUT2D eigenvalue weighted by atomic mass is 10.1. The first-order valence-corrected chi connectivity index (χ1v) is 11.2. The number of hydrogen-bond acceptors (Lipinski definition) is 6. The molecule has 0 saturated heterocycles. The molecule has 30 heavy (non-hydrogen) atoms. The summed E-state index contributed by atoms with van der Waals surface area (Å²) in [5, 5.41) is 11.2. The van der Waals surface area contributed by atoms with E-state index in [1.807, 2.05) is 13.8 Å². The van der Waals surface area contributed by atoms with Crippen molar-refractivity contribution in [3.05, 3.63) is 69.3 Å². The number of carbonyl (C=O) groups excluding carboxylic acids is 1. The van der Waals surface area contributed by atoms with Gasteiger partial charge in [-0.3, -0.25) is 14.9 Å². The number of aryl methyl sites for hydroxylation is 1. The minimum Gasteiger partial charge on any atom is -0.382 e. The normalized spacial score (nSPS) is 12.3. The summed E-state index contributed by atoms with van der Waals surface area (Å²) < 4.78 is 28.5. The third kappa shape index (κ3) is 5.79. The molecule has 0 aliphatic carbocycles. The fraction of sp³-hybridized carbons (Fsp3) is 0.381. The average Bonchev–Trinajstić information content (AvgIpc) is 2.71. The second-order valence-corrected chi connectivity index (χ2v) is 8.89. The van der Waals surface area contributed by atoms with Gasteiger partial charge >= 0.3 is 10.1 Å². The molecule has 0 spiro atoms. The maximum Gasteiger partial charge on any atom is 0.308 e. The Morgan fingerprint density at radius 3 is 2.50 bits per heavy atom. The van der Waals surface area contributed by atoms with E-state index in [1.165, 1.54) is 19.1 Å². The van der Waals surface area contributed by atoms with E-state index >= 15 is 0 Å². The smallest absolute Gasteiger partial charge is 0.308 e. The number of amides is 1. The highest BCUT2D eigenvalue weighted by molar-refractivity contribution is 7.87. The summed E-state index contributed by atoms with van der Waals surface area (Å²) in [4.78, 5) is 25.5. The molecule has 0 radical (unpaired) electrons. The SMILES string of the molecule is CCC(C)N(Cc1cccc(OS(=O)(=O)CC)c1)C(=O)c1ccc(C)c([N+](=O)[O-])c1. The van der Waals surface area contributed by atoms with Crippen molar-refractivity contribution in [1.82, 2.24) is 4.90 Å². The molecule has 0 heterocycles. The van der Waals surface area contributed by atoms with Crippen LogP contribution in [-0.4, -0.2) is 35.9 Å². The van der Waals surface area contributed by atoms with Gasteiger partial charge in [-0.25, -0.2) is 0 Å². The Balaban J connectivity index is 2.35. The van der Waals surface area contributed by atoms with E-state index < -0.39 is 15.0 Å². The van der Waals surface area contributed by atoms with Crippen molar-refractivity contribution < 1.29 is 22.3 Å². The molecule has 0 aliphatic rings. The molecule has 2 rings (SSSR count). The molecule has 0 fully saturated rings. The molecule has 1 amide bonds. The van der Waals surface area contributed by atoms with Gasteiger partial charge < -0.3 is 9.08 Å². The predicted molar refractivity (Wildman–Crippen MR) is 114 cm³/mol. The van der Waals surface area contributed by atoms with Crippen molar-refractivity contribution in [3.63, 3.8) is 0 Å². The highest BCUT2D eigenvalue weighted by Crippen LogP contribution is 2.23. The summed E-state index contributed by atoms with van der Waals surface area (Å²) in [6.45, 7) is 7.15. The standard InChI is InChI=1S/C21H26N2O6S/c1-5-16(4)22(21(24)18-11-10-15(3)20(13-18)23(25)26)14-17-8-7-9-19(12-17)29-30(27,28)6-2/h7-13,16H,5-6,14H2,1-4H3. The Morgan fingerprint density at radius 1 is 1.20 bits per heavy atom. The van der Waals surface area contributed by atoms with Crippen LogP contribution in [0, 0.1) is 17.0 Å². The van der Waals surface area contributed by atoms with Crippen molar-refractivity contribution in [1.29, 1.82) is 0 Å². The summed E-state index contributed by atoms with van der Waals surface area (Å²) in [7, 11) is -3.66. The zero-order valence-corrected chi connectivity index (χ0v) is 18.3. The molecular weight excluding hydrogens is 408 g/mol. The van der Waals surface area contributed by atoms with Gasteiger partial charge in [0.15, 0.2) is 0 Å². The van der Waals surface area contributed by atoms with Crippen LogP contribution in [0.15, 0.2) is 42.5 Å². The van der Waals surface area contributed by atoms with Gasteiger partial charge in [0.1, 0.15) is 5.75 Å². The van der Waals surface area contributed by atoms with E-state index in [-0.39, 0.29) is 41.2 Å². The van der Waals surface area contributed by atoms with Crippen LogP contribution in [-0.2, 0) is 16.7 Å². The summed E-state index contributed by atoms with van der Waals surface area (Å²) in [6, 6.07) is 10.8. The van der Waals surface area contributed by atoms with Crippen LogP contribution >= 0.6 is 0 Å². The van der Waals surface area contributed by atoms with Crippen LogP contribution in [0.4, 0.5) is 5.69 Å². The quantitative estimate of drug-likeness (QED) is 0.334. The van der Waals surface area contributed by atoms with E-state index in [2.05, 4.69) is 0 Å². The van der Waals surface area contributed by atoms with Crippen molar-refractivity contribution in [2.45, 2.75) is 46.7 Å². The Labute approximate surface area is 176 Å². The molecule has 0 aromatic heterocycles. The zero-order chi connectivity index (χ0) is 22.5. The topological polar surface area (TPSA) is 107 Å². The minimum absolute atomic E-state index is 0.106. The number of hydrogen-bond donors (Lipinski definition) is 0. The van der Waals surface area contributed by atoms with E-state index in [9.17, 15) is 23.3 Å². The fourth-order valence-electron chi connectivity index (χ4n) is 2.85. The van der Waals surface area contributed by atoms with Gasteiger partial charge in [0, 0.05) is 29.8 Å². The second kappa shape index (κ2) is 9.71. The predicted octanol–water partition coefficient (Wildman–Crippen LogP) is 4.07. The lowest BCUT2D eigenvalue weighted by Gasteiger charge is -2.29. The third-order valence-electron chi connectivity index (χ3n) is 4.86. The Kier molecular flexibility index (Phi) is 7.55. The molecule has 162 valence electrons. The molecule has 1 unspecified atom stereocenters. The van der Waals surface area contributed by atoms with Crippen LogP contribution in [0.5, 0.6) is 5.75 Å². The first-order chi connectivity index (χ1) is 14.1. The average molecular weight is 435 g/mol. The van der Waals surface area contributed by atoms with Gasteiger partial charge in [0.2, 0.25) is 0 Å². The molecule has 1 atom stereocenters. The molecule has 2 aromatic rings. The Morgan fingerprint density at radius 2 is 1.90 bits per heavy atom. The molecule has 0 bridgehead atoms. The van der Waals surface area contributed by atoms with E-state index in [4.69, 9.17) is 4.18 Å². The molecule has 0 N–H and O–H groups in total. The van der Waals surface area contributed by atoms with Crippen molar-refractivity contribution in [3.8, 4) is 5.75 Å². The van der Waals surface area contributed by atoms with Crippen molar-refractivity contribution in [2.75, 3.05) is 5.75 Å². The summed E-state index contributed by atoms with van der Waals surface area (Å²) >= 11 is 0. The molecule has 9 heteroatoms. The molecule has 0 aliphatic heterocycles. The summed E-state index contributed by atoms with van der Waals surface area (Å²) in [5.41, 5.74) is 1.29. The number of nitro benzene ring substituents is 1. The lowest BCUT2D eigenvalue weighted by Crippen LogP contribution is -2.37. The van der Waals surface area contributed by atoms with Gasteiger partial charge in [0.25, 0.3) is 11.6 Å².